The molecule has 2 atom stereocenters. The van der Waals surface area contributed by atoms with Gasteiger partial charge in [0, 0.05) is 6.42 Å². The molecule has 0 rings (SSSR count). The van der Waals surface area contributed by atoms with Crippen LogP contribution >= 0.6 is 0 Å². The van der Waals surface area contributed by atoms with Crippen LogP contribution in [-0.4, -0.2) is 12.3 Å². The monoisotopic (exact) mass is 139 g/mol. The van der Waals surface area contributed by atoms with Crippen LogP contribution in [0.4, 0.5) is 13.2 Å². The lowest BCUT2D eigenvalue weighted by Gasteiger charge is -2.04. The van der Waals surface area contributed by atoms with E-state index in [2.05, 4.69) is 0 Å². The molecule has 0 nitrogen and oxygen atoms in total. The van der Waals surface area contributed by atoms with E-state index in [1.165, 1.54) is 0 Å². The summed E-state index contributed by atoms with van der Waals surface area (Å²) in [6.07, 6.45) is -3.06. The molecule has 9 heavy (non-hydrogen) atoms. The maximum absolute atomic E-state index is 12.1. The minimum Gasteiger partial charge on any atom is -0.247 e. The van der Waals surface area contributed by atoms with Gasteiger partial charge in [0.05, 0.1) is 0 Å². The maximum atomic E-state index is 12.1. The average Bonchev–Trinajstić information content (AvgIpc) is 1.87. The first-order valence-corrected chi connectivity index (χ1v) is 2.92. The zero-order chi connectivity index (χ0) is 7.28. The van der Waals surface area contributed by atoms with Gasteiger partial charge in [-0.3, -0.25) is 0 Å². The Balaban J connectivity index is 3.22. The van der Waals surface area contributed by atoms with Crippen LogP contribution in [0.1, 0.15) is 19.8 Å². The third-order valence-corrected chi connectivity index (χ3v) is 1.06. The van der Waals surface area contributed by atoms with Crippen molar-refractivity contribution in [3.05, 3.63) is 6.67 Å². The first-order chi connectivity index (χ1) is 4.20. The number of rotatable bonds is 4. The lowest BCUT2D eigenvalue weighted by atomic mass is 10.2. The van der Waals surface area contributed by atoms with Crippen LogP contribution in [0.3, 0.4) is 0 Å². The van der Waals surface area contributed by atoms with E-state index in [1.807, 2.05) is 0 Å². The summed E-state index contributed by atoms with van der Waals surface area (Å²) in [7, 11) is 0. The summed E-state index contributed by atoms with van der Waals surface area (Å²) < 4.78 is 35.3. The van der Waals surface area contributed by atoms with Crippen LogP contribution in [-0.2, 0) is 0 Å². The van der Waals surface area contributed by atoms with Crippen molar-refractivity contribution in [1.29, 1.82) is 0 Å². The topological polar surface area (TPSA) is 0 Å². The summed E-state index contributed by atoms with van der Waals surface area (Å²) in [5.74, 6) is 0. The average molecular weight is 139 g/mol. The SMILES string of the molecule is CCC(F)CC(F)[CH]F. The second-order valence-corrected chi connectivity index (χ2v) is 1.88. The standard InChI is InChI=1S/C6H10F3/c1-2-5(8)3-6(9)4-7/h4-6H,2-3H2,1H3. The van der Waals surface area contributed by atoms with E-state index >= 15 is 0 Å². The summed E-state index contributed by atoms with van der Waals surface area (Å²) in [4.78, 5) is 0. The van der Waals surface area contributed by atoms with Gasteiger partial charge in [-0.25, -0.2) is 13.2 Å². The Morgan fingerprint density at radius 2 is 2.00 bits per heavy atom. The Labute approximate surface area is 53.1 Å². The van der Waals surface area contributed by atoms with Gasteiger partial charge in [0.25, 0.3) is 0 Å². The number of halogens is 3. The van der Waals surface area contributed by atoms with Crippen molar-refractivity contribution < 1.29 is 13.2 Å². The largest absolute Gasteiger partial charge is 0.247 e. The highest BCUT2D eigenvalue weighted by molar-refractivity contribution is 4.68. The molecule has 0 saturated heterocycles. The first-order valence-electron chi connectivity index (χ1n) is 2.92. The number of hydrogen-bond donors (Lipinski definition) is 0. The lowest BCUT2D eigenvalue weighted by molar-refractivity contribution is 0.213. The number of alkyl halides is 2. The zero-order valence-corrected chi connectivity index (χ0v) is 5.28. The summed E-state index contributed by atoms with van der Waals surface area (Å²) in [6.45, 7) is 1.47. The molecule has 1 radical (unpaired) electrons. The fourth-order valence-electron chi connectivity index (χ4n) is 0.462. The Hall–Kier alpha value is -0.210. The molecular formula is C6H10F3. The number of hydrogen-bond acceptors (Lipinski definition) is 0. The molecule has 0 spiro atoms. The molecule has 2 unspecified atom stereocenters. The van der Waals surface area contributed by atoms with Crippen molar-refractivity contribution in [2.24, 2.45) is 0 Å². The Kier molecular flexibility index (Phi) is 4.54. The highest BCUT2D eigenvalue weighted by atomic mass is 19.2. The van der Waals surface area contributed by atoms with Gasteiger partial charge in [-0.2, -0.15) is 0 Å². The van der Waals surface area contributed by atoms with Crippen molar-refractivity contribution in [2.45, 2.75) is 32.1 Å². The van der Waals surface area contributed by atoms with Gasteiger partial charge in [-0.1, -0.05) is 6.92 Å². The fraction of sp³-hybridized carbons (Fsp3) is 0.833. The molecule has 0 aliphatic rings. The van der Waals surface area contributed by atoms with Crippen LogP contribution < -0.4 is 0 Å². The van der Waals surface area contributed by atoms with Gasteiger partial charge in [0.1, 0.15) is 12.3 Å². The minimum atomic E-state index is -1.74. The van der Waals surface area contributed by atoms with E-state index in [0.717, 1.165) is 0 Å². The van der Waals surface area contributed by atoms with Crippen LogP contribution in [0.5, 0.6) is 0 Å². The lowest BCUT2D eigenvalue weighted by Crippen LogP contribution is -2.07. The molecule has 0 aromatic carbocycles. The smallest absolute Gasteiger partial charge is 0.165 e. The van der Waals surface area contributed by atoms with E-state index in [-0.39, 0.29) is 19.5 Å². The molecule has 0 heterocycles. The summed E-state index contributed by atoms with van der Waals surface area (Å²) >= 11 is 0. The highest BCUT2D eigenvalue weighted by Crippen LogP contribution is 2.11. The molecule has 0 amide bonds. The highest BCUT2D eigenvalue weighted by Gasteiger charge is 2.12. The second kappa shape index (κ2) is 4.65. The van der Waals surface area contributed by atoms with Gasteiger partial charge >= 0.3 is 0 Å². The van der Waals surface area contributed by atoms with Gasteiger partial charge in [0.2, 0.25) is 0 Å². The Bertz CT molecular complexity index is 57.3. The van der Waals surface area contributed by atoms with Crippen molar-refractivity contribution in [3.8, 4) is 0 Å². The van der Waals surface area contributed by atoms with Crippen LogP contribution in [0.15, 0.2) is 0 Å². The quantitative estimate of drug-likeness (QED) is 0.561. The van der Waals surface area contributed by atoms with Gasteiger partial charge in [-0.05, 0) is 6.42 Å². The Morgan fingerprint density at radius 3 is 2.33 bits per heavy atom. The maximum Gasteiger partial charge on any atom is 0.165 e. The molecule has 0 bridgehead atoms. The molecule has 55 valence electrons. The molecular weight excluding hydrogens is 129 g/mol. The van der Waals surface area contributed by atoms with E-state index in [9.17, 15) is 13.2 Å². The summed E-state index contributed by atoms with van der Waals surface area (Å²) in [5, 5.41) is 0. The van der Waals surface area contributed by atoms with Crippen molar-refractivity contribution >= 4 is 0 Å². The third kappa shape index (κ3) is 4.30. The molecule has 0 fully saturated rings. The molecule has 0 aromatic heterocycles. The van der Waals surface area contributed by atoms with E-state index in [0.29, 0.717) is 0 Å². The predicted molar refractivity (Wildman–Crippen MR) is 30.1 cm³/mol. The summed E-state index contributed by atoms with van der Waals surface area (Å²) in [5.41, 5.74) is 0. The normalized spacial score (nSPS) is 17.3. The van der Waals surface area contributed by atoms with Crippen LogP contribution in [0, 0.1) is 6.67 Å². The second-order valence-electron chi connectivity index (χ2n) is 1.88. The van der Waals surface area contributed by atoms with E-state index in [1.54, 1.807) is 6.92 Å². The molecule has 0 aliphatic heterocycles. The predicted octanol–water partition coefficient (Wildman–Crippen LogP) is 2.59. The van der Waals surface area contributed by atoms with Crippen molar-refractivity contribution in [1.82, 2.24) is 0 Å². The van der Waals surface area contributed by atoms with Gasteiger partial charge in [0.15, 0.2) is 6.67 Å². The first kappa shape index (κ1) is 8.79. The zero-order valence-electron chi connectivity index (χ0n) is 5.28. The van der Waals surface area contributed by atoms with Crippen molar-refractivity contribution in [3.63, 3.8) is 0 Å². The fourth-order valence-corrected chi connectivity index (χ4v) is 0.462. The van der Waals surface area contributed by atoms with Crippen molar-refractivity contribution in [2.75, 3.05) is 0 Å². The van der Waals surface area contributed by atoms with Gasteiger partial charge in [-0.15, -0.1) is 0 Å². The van der Waals surface area contributed by atoms with Crippen LogP contribution in [0.2, 0.25) is 0 Å². The minimum absolute atomic E-state index is 0.123. The van der Waals surface area contributed by atoms with Gasteiger partial charge < -0.3 is 0 Å². The molecule has 0 N–H and O–H groups in total. The molecule has 0 saturated carbocycles. The van der Waals surface area contributed by atoms with E-state index in [4.69, 9.17) is 0 Å². The molecule has 3 heteroatoms. The summed E-state index contributed by atoms with van der Waals surface area (Å²) in [6, 6.07) is 0. The molecule has 0 aliphatic carbocycles. The van der Waals surface area contributed by atoms with E-state index < -0.39 is 12.3 Å². The Morgan fingerprint density at radius 1 is 1.44 bits per heavy atom. The molecule has 0 aromatic rings. The van der Waals surface area contributed by atoms with Crippen LogP contribution in [0.25, 0.3) is 0 Å². The third-order valence-electron chi connectivity index (χ3n) is 1.06.